The van der Waals surface area contributed by atoms with E-state index in [2.05, 4.69) is 33.9 Å². The van der Waals surface area contributed by atoms with Gasteiger partial charge in [-0.3, -0.25) is 4.98 Å². The highest BCUT2D eigenvalue weighted by molar-refractivity contribution is 5.13. The van der Waals surface area contributed by atoms with Crippen LogP contribution < -0.4 is 5.73 Å². The third-order valence-electron chi connectivity index (χ3n) is 2.72. The van der Waals surface area contributed by atoms with Crippen LogP contribution in [0.1, 0.15) is 24.2 Å². The lowest BCUT2D eigenvalue weighted by Gasteiger charge is -2.11. The van der Waals surface area contributed by atoms with Gasteiger partial charge in [-0.2, -0.15) is 0 Å². The lowest BCUT2D eigenvalue weighted by Crippen LogP contribution is -2.12. The molecule has 0 fully saturated rings. The molecular weight excluding hydrogens is 198 g/mol. The van der Waals surface area contributed by atoms with Gasteiger partial charge in [-0.25, -0.2) is 0 Å². The molecule has 2 aromatic heterocycles. The average Bonchev–Trinajstić information content (AvgIpc) is 2.76. The molecule has 0 spiro atoms. The van der Waals surface area contributed by atoms with Crippen molar-refractivity contribution in [3.8, 4) is 0 Å². The highest BCUT2D eigenvalue weighted by Gasteiger charge is 2.04. The molecule has 2 aromatic rings. The number of nitrogens with two attached hydrogens (primary N) is 1. The number of rotatable bonds is 4. The molecule has 84 valence electrons. The maximum Gasteiger partial charge on any atom is 0.0421 e. The molecule has 0 unspecified atom stereocenters. The minimum absolute atomic E-state index is 0.0902. The number of nitrogens with zero attached hydrogens (tertiary/aromatic N) is 2. The van der Waals surface area contributed by atoms with Crippen LogP contribution in [0, 0.1) is 0 Å². The minimum Gasteiger partial charge on any atom is -0.350 e. The first-order valence-electron chi connectivity index (χ1n) is 5.57. The van der Waals surface area contributed by atoms with E-state index in [1.165, 1.54) is 11.3 Å². The van der Waals surface area contributed by atoms with Crippen LogP contribution in [0.2, 0.25) is 0 Å². The van der Waals surface area contributed by atoms with Crippen molar-refractivity contribution in [2.75, 3.05) is 0 Å². The topological polar surface area (TPSA) is 43.8 Å². The van der Waals surface area contributed by atoms with E-state index in [0.717, 1.165) is 13.0 Å². The van der Waals surface area contributed by atoms with Crippen LogP contribution in [0.5, 0.6) is 0 Å². The summed E-state index contributed by atoms with van der Waals surface area (Å²) in [5, 5.41) is 0. The number of hydrogen-bond donors (Lipinski definition) is 1. The first-order chi connectivity index (χ1) is 7.77. The van der Waals surface area contributed by atoms with Gasteiger partial charge in [-0.1, -0.05) is 0 Å². The molecule has 0 saturated carbocycles. The van der Waals surface area contributed by atoms with Gasteiger partial charge in [-0.15, -0.1) is 0 Å². The summed E-state index contributed by atoms with van der Waals surface area (Å²) in [4.78, 5) is 4.01. The lowest BCUT2D eigenvalue weighted by molar-refractivity contribution is 0.625. The van der Waals surface area contributed by atoms with Gasteiger partial charge in [0.2, 0.25) is 0 Å². The maximum atomic E-state index is 5.90. The summed E-state index contributed by atoms with van der Waals surface area (Å²) >= 11 is 0. The maximum absolute atomic E-state index is 5.90. The molecule has 0 saturated heterocycles. The number of aryl methyl sites for hydroxylation is 2. The van der Waals surface area contributed by atoms with Crippen molar-refractivity contribution in [1.29, 1.82) is 0 Å². The van der Waals surface area contributed by atoms with Gasteiger partial charge in [0.05, 0.1) is 0 Å². The van der Waals surface area contributed by atoms with Crippen molar-refractivity contribution in [2.24, 2.45) is 5.73 Å². The Morgan fingerprint density at radius 2 is 2.06 bits per heavy atom. The quantitative estimate of drug-likeness (QED) is 0.849. The molecule has 3 nitrogen and oxygen atoms in total. The molecule has 2 N–H and O–H groups in total. The predicted octanol–water partition coefficient (Wildman–Crippen LogP) is 2.15. The van der Waals surface area contributed by atoms with Gasteiger partial charge >= 0.3 is 0 Å². The molecule has 0 aliphatic heterocycles. The van der Waals surface area contributed by atoms with Crippen LogP contribution in [0.3, 0.4) is 0 Å². The van der Waals surface area contributed by atoms with E-state index in [1.807, 2.05) is 25.4 Å². The largest absolute Gasteiger partial charge is 0.350 e. The Labute approximate surface area is 95.9 Å². The van der Waals surface area contributed by atoms with Crippen molar-refractivity contribution >= 4 is 0 Å². The molecule has 0 aliphatic rings. The summed E-state index contributed by atoms with van der Waals surface area (Å²) < 4.78 is 2.21. The molecule has 2 heterocycles. The monoisotopic (exact) mass is 215 g/mol. The zero-order valence-corrected chi connectivity index (χ0v) is 9.50. The molecule has 3 heteroatoms. The second kappa shape index (κ2) is 4.94. The SMILES string of the molecule is C[C@@H](N)c1cccn1CCc1ccncc1. The fourth-order valence-electron chi connectivity index (χ4n) is 1.84. The molecule has 0 radical (unpaired) electrons. The van der Waals surface area contributed by atoms with Crippen molar-refractivity contribution < 1.29 is 0 Å². The van der Waals surface area contributed by atoms with Crippen LogP contribution in [0.4, 0.5) is 0 Å². The Kier molecular flexibility index (Phi) is 3.37. The Morgan fingerprint density at radius 1 is 1.31 bits per heavy atom. The second-order valence-electron chi connectivity index (χ2n) is 4.02. The van der Waals surface area contributed by atoms with Crippen molar-refractivity contribution in [2.45, 2.75) is 25.9 Å². The van der Waals surface area contributed by atoms with E-state index in [4.69, 9.17) is 5.73 Å². The summed E-state index contributed by atoms with van der Waals surface area (Å²) in [6, 6.07) is 8.32. The van der Waals surface area contributed by atoms with Crippen LogP contribution in [0.15, 0.2) is 42.9 Å². The van der Waals surface area contributed by atoms with E-state index in [9.17, 15) is 0 Å². The molecule has 1 atom stereocenters. The summed E-state index contributed by atoms with van der Waals surface area (Å²) in [6.45, 7) is 2.98. The van der Waals surface area contributed by atoms with Crippen molar-refractivity contribution in [3.05, 3.63) is 54.1 Å². The molecule has 0 bridgehead atoms. The van der Waals surface area contributed by atoms with Gasteiger partial charge in [0.1, 0.15) is 0 Å². The molecular formula is C13H17N3. The fourth-order valence-corrected chi connectivity index (χ4v) is 1.84. The normalized spacial score (nSPS) is 12.6. The lowest BCUT2D eigenvalue weighted by atomic mass is 10.2. The van der Waals surface area contributed by atoms with Crippen LogP contribution in [-0.4, -0.2) is 9.55 Å². The summed E-state index contributed by atoms with van der Waals surface area (Å²) in [7, 11) is 0. The summed E-state index contributed by atoms with van der Waals surface area (Å²) in [5.41, 5.74) is 8.39. The Bertz CT molecular complexity index is 431. The van der Waals surface area contributed by atoms with Gasteiger partial charge in [0.15, 0.2) is 0 Å². The highest BCUT2D eigenvalue weighted by atomic mass is 15.0. The van der Waals surface area contributed by atoms with E-state index in [1.54, 1.807) is 0 Å². The van der Waals surface area contributed by atoms with Crippen molar-refractivity contribution in [1.82, 2.24) is 9.55 Å². The smallest absolute Gasteiger partial charge is 0.0421 e. The van der Waals surface area contributed by atoms with E-state index < -0.39 is 0 Å². The standard InChI is InChI=1S/C13H17N3/c1-11(14)13-3-2-9-16(13)10-6-12-4-7-15-8-5-12/h2-5,7-9,11H,6,10,14H2,1H3/t11-/m1/s1. The number of pyridine rings is 1. The zero-order valence-electron chi connectivity index (χ0n) is 9.50. The van der Waals surface area contributed by atoms with Gasteiger partial charge < -0.3 is 10.3 Å². The Balaban J connectivity index is 2.02. The second-order valence-corrected chi connectivity index (χ2v) is 4.02. The third kappa shape index (κ3) is 2.49. The van der Waals surface area contributed by atoms with Crippen molar-refractivity contribution in [3.63, 3.8) is 0 Å². The first-order valence-corrected chi connectivity index (χ1v) is 5.57. The van der Waals surface area contributed by atoms with Crippen LogP contribution >= 0.6 is 0 Å². The highest BCUT2D eigenvalue weighted by Crippen LogP contribution is 2.11. The fraction of sp³-hybridized carbons (Fsp3) is 0.308. The predicted molar refractivity (Wildman–Crippen MR) is 65.0 cm³/mol. The van der Waals surface area contributed by atoms with Crippen LogP contribution in [0.25, 0.3) is 0 Å². The average molecular weight is 215 g/mol. The molecule has 2 rings (SSSR count). The number of hydrogen-bond acceptors (Lipinski definition) is 2. The van der Waals surface area contributed by atoms with E-state index >= 15 is 0 Å². The summed E-state index contributed by atoms with van der Waals surface area (Å²) in [5.74, 6) is 0. The van der Waals surface area contributed by atoms with Gasteiger partial charge in [0, 0.05) is 36.9 Å². The van der Waals surface area contributed by atoms with Gasteiger partial charge in [0.25, 0.3) is 0 Å². The zero-order chi connectivity index (χ0) is 11.4. The third-order valence-corrected chi connectivity index (χ3v) is 2.72. The molecule has 0 aliphatic carbocycles. The first kappa shape index (κ1) is 10.9. The van der Waals surface area contributed by atoms with E-state index in [0.29, 0.717) is 0 Å². The van der Waals surface area contributed by atoms with E-state index in [-0.39, 0.29) is 6.04 Å². The molecule has 0 aromatic carbocycles. The Hall–Kier alpha value is -1.61. The molecule has 16 heavy (non-hydrogen) atoms. The molecule has 0 amide bonds. The van der Waals surface area contributed by atoms with Crippen LogP contribution in [-0.2, 0) is 13.0 Å². The summed E-state index contributed by atoms with van der Waals surface area (Å²) in [6.07, 6.45) is 6.76. The number of aromatic nitrogens is 2. The Morgan fingerprint density at radius 3 is 2.75 bits per heavy atom. The van der Waals surface area contributed by atoms with Gasteiger partial charge in [-0.05, 0) is 43.2 Å². The minimum atomic E-state index is 0.0902.